The van der Waals surface area contributed by atoms with E-state index in [1.807, 2.05) is 0 Å². The molecule has 0 amide bonds. The number of halogens is 3. The number of phenolic OH excluding ortho intramolecular Hbond substituents is 1. The summed E-state index contributed by atoms with van der Waals surface area (Å²) in [5, 5.41) is 28.0. The van der Waals surface area contributed by atoms with Gasteiger partial charge < -0.3 is 14.9 Å². The standard InChI is InChI=1S/C23H17F3N2O4/c1-32-22(27)16-9-14(30)8-15-17(11-6-18(24)21(26)19(25)7-11)10-28(23(31)20(15)16)12-2-4-13(29)5-3-12/h2-4,6-10,13,27,29-30H,5H2,1H3. The van der Waals surface area contributed by atoms with E-state index in [9.17, 15) is 28.2 Å². The Bertz CT molecular complexity index is 1370. The topological polar surface area (TPSA) is 95.5 Å². The Labute approximate surface area is 179 Å². The van der Waals surface area contributed by atoms with Crippen LogP contribution in [0.4, 0.5) is 13.2 Å². The number of aliphatic hydroxyl groups is 1. The van der Waals surface area contributed by atoms with E-state index in [1.165, 1.54) is 42.2 Å². The molecule has 6 nitrogen and oxygen atoms in total. The molecule has 1 aliphatic carbocycles. The molecule has 1 unspecified atom stereocenters. The number of ether oxygens (including phenoxy) is 1. The molecule has 0 aliphatic heterocycles. The molecule has 0 spiro atoms. The second-order valence-electron chi connectivity index (χ2n) is 7.21. The number of allylic oxidation sites excluding steroid dienone is 2. The Kier molecular flexibility index (Phi) is 5.35. The number of benzene rings is 2. The molecule has 0 saturated carbocycles. The quantitative estimate of drug-likeness (QED) is 0.326. The maximum absolute atomic E-state index is 14.0. The zero-order chi connectivity index (χ0) is 23.2. The van der Waals surface area contributed by atoms with Crippen molar-refractivity contribution in [2.45, 2.75) is 12.5 Å². The third-order valence-corrected chi connectivity index (χ3v) is 5.18. The summed E-state index contributed by atoms with van der Waals surface area (Å²) in [5.74, 6) is -5.20. The van der Waals surface area contributed by atoms with Crippen LogP contribution in [0.15, 0.2) is 53.5 Å². The first kappa shape index (κ1) is 21.4. The largest absolute Gasteiger partial charge is 0.508 e. The van der Waals surface area contributed by atoms with Crippen LogP contribution in [-0.4, -0.2) is 33.9 Å². The van der Waals surface area contributed by atoms with Crippen molar-refractivity contribution in [2.75, 3.05) is 7.11 Å². The lowest BCUT2D eigenvalue weighted by molar-refractivity contribution is 0.226. The van der Waals surface area contributed by atoms with Crippen molar-refractivity contribution in [2.24, 2.45) is 0 Å². The van der Waals surface area contributed by atoms with Crippen LogP contribution in [0.25, 0.3) is 27.6 Å². The molecule has 1 atom stereocenters. The fraction of sp³-hybridized carbons (Fsp3) is 0.130. The minimum absolute atomic E-state index is 0.0356. The summed E-state index contributed by atoms with van der Waals surface area (Å²) in [7, 11) is 1.22. The second kappa shape index (κ2) is 8.01. The lowest BCUT2D eigenvalue weighted by Gasteiger charge is -2.18. The van der Waals surface area contributed by atoms with Gasteiger partial charge in [0.2, 0.25) is 5.90 Å². The lowest BCUT2D eigenvalue weighted by atomic mass is 9.96. The van der Waals surface area contributed by atoms with Gasteiger partial charge in [-0.25, -0.2) is 13.2 Å². The van der Waals surface area contributed by atoms with Crippen molar-refractivity contribution in [3.05, 3.63) is 82.1 Å². The highest BCUT2D eigenvalue weighted by atomic mass is 19.2. The van der Waals surface area contributed by atoms with Gasteiger partial charge in [-0.1, -0.05) is 12.2 Å². The van der Waals surface area contributed by atoms with E-state index < -0.39 is 35.0 Å². The molecule has 2 aromatic carbocycles. The maximum atomic E-state index is 14.0. The molecular formula is C23H17F3N2O4. The smallest absolute Gasteiger partial charge is 0.263 e. The van der Waals surface area contributed by atoms with Gasteiger partial charge in [0.15, 0.2) is 17.5 Å². The molecule has 0 fully saturated rings. The van der Waals surface area contributed by atoms with E-state index in [1.54, 1.807) is 6.08 Å². The highest BCUT2D eigenvalue weighted by molar-refractivity contribution is 6.10. The molecule has 3 aromatic rings. The van der Waals surface area contributed by atoms with Crippen LogP contribution in [0.5, 0.6) is 5.75 Å². The highest BCUT2D eigenvalue weighted by Gasteiger charge is 2.21. The molecule has 1 heterocycles. The number of pyridine rings is 1. The zero-order valence-corrected chi connectivity index (χ0v) is 16.7. The van der Waals surface area contributed by atoms with Gasteiger partial charge in [-0.2, -0.15) is 0 Å². The fourth-order valence-corrected chi connectivity index (χ4v) is 3.65. The Morgan fingerprint density at radius 2 is 1.88 bits per heavy atom. The summed E-state index contributed by atoms with van der Waals surface area (Å²) in [5.41, 5.74) is -0.211. The van der Waals surface area contributed by atoms with Gasteiger partial charge in [0.25, 0.3) is 5.56 Å². The number of fused-ring (bicyclic) bond motifs is 1. The summed E-state index contributed by atoms with van der Waals surface area (Å²) >= 11 is 0. The van der Waals surface area contributed by atoms with Crippen LogP contribution < -0.4 is 5.56 Å². The van der Waals surface area contributed by atoms with E-state index >= 15 is 0 Å². The number of phenols is 1. The molecule has 1 aliphatic rings. The minimum Gasteiger partial charge on any atom is -0.508 e. The van der Waals surface area contributed by atoms with Crippen molar-refractivity contribution in [1.29, 1.82) is 5.41 Å². The number of methoxy groups -OCH3 is 1. The summed E-state index contributed by atoms with van der Waals surface area (Å²) in [6, 6.07) is 3.95. The number of aliphatic hydroxyl groups excluding tert-OH is 1. The molecule has 3 N–H and O–H groups in total. The predicted octanol–water partition coefficient (Wildman–Crippen LogP) is 3.92. The number of rotatable bonds is 3. The van der Waals surface area contributed by atoms with Crippen molar-refractivity contribution in [1.82, 2.24) is 4.57 Å². The monoisotopic (exact) mass is 442 g/mol. The van der Waals surface area contributed by atoms with Crippen LogP contribution in [0.3, 0.4) is 0 Å². The molecule has 164 valence electrons. The third kappa shape index (κ3) is 3.56. The molecule has 0 bridgehead atoms. The molecule has 0 saturated heterocycles. The van der Waals surface area contributed by atoms with E-state index in [0.717, 1.165) is 12.1 Å². The Balaban J connectivity index is 2.15. The van der Waals surface area contributed by atoms with Crippen LogP contribution in [0.1, 0.15) is 12.0 Å². The number of nitrogens with zero attached hydrogens (tertiary/aromatic N) is 1. The third-order valence-electron chi connectivity index (χ3n) is 5.18. The Hall–Kier alpha value is -3.85. The molecule has 32 heavy (non-hydrogen) atoms. The van der Waals surface area contributed by atoms with Crippen molar-refractivity contribution < 1.29 is 28.1 Å². The number of aromatic nitrogens is 1. The maximum Gasteiger partial charge on any atom is 0.263 e. The van der Waals surface area contributed by atoms with Gasteiger partial charge >= 0.3 is 0 Å². The van der Waals surface area contributed by atoms with Crippen LogP contribution in [0.2, 0.25) is 0 Å². The van der Waals surface area contributed by atoms with Crippen LogP contribution >= 0.6 is 0 Å². The minimum atomic E-state index is -1.64. The van der Waals surface area contributed by atoms with Crippen molar-refractivity contribution in [3.63, 3.8) is 0 Å². The zero-order valence-electron chi connectivity index (χ0n) is 16.7. The van der Waals surface area contributed by atoms with E-state index in [-0.39, 0.29) is 39.6 Å². The predicted molar refractivity (Wildman–Crippen MR) is 113 cm³/mol. The summed E-state index contributed by atoms with van der Waals surface area (Å²) in [6.45, 7) is 0. The molecule has 9 heteroatoms. The fourth-order valence-electron chi connectivity index (χ4n) is 3.65. The van der Waals surface area contributed by atoms with Crippen molar-refractivity contribution >= 4 is 22.4 Å². The van der Waals surface area contributed by atoms with Crippen molar-refractivity contribution in [3.8, 4) is 16.9 Å². The second-order valence-corrected chi connectivity index (χ2v) is 7.21. The summed E-state index contributed by atoms with van der Waals surface area (Å²) in [6.07, 6.45) is 5.43. The van der Waals surface area contributed by atoms with Crippen LogP contribution in [0, 0.1) is 22.9 Å². The Morgan fingerprint density at radius 3 is 2.47 bits per heavy atom. The van der Waals surface area contributed by atoms with Gasteiger partial charge in [0.05, 0.1) is 24.2 Å². The average Bonchev–Trinajstić information content (AvgIpc) is 2.77. The van der Waals surface area contributed by atoms with Gasteiger partial charge in [0.1, 0.15) is 5.75 Å². The van der Waals surface area contributed by atoms with Gasteiger partial charge in [-0.15, -0.1) is 0 Å². The molecule has 4 rings (SSSR count). The Morgan fingerprint density at radius 1 is 1.19 bits per heavy atom. The number of hydrogen-bond acceptors (Lipinski definition) is 5. The van der Waals surface area contributed by atoms with Gasteiger partial charge in [-0.05, 0) is 42.3 Å². The lowest BCUT2D eigenvalue weighted by Crippen LogP contribution is -2.23. The van der Waals surface area contributed by atoms with Crippen LogP contribution in [-0.2, 0) is 4.74 Å². The number of aromatic hydroxyl groups is 1. The number of hydrogen-bond donors (Lipinski definition) is 3. The first-order valence-electron chi connectivity index (χ1n) is 9.48. The summed E-state index contributed by atoms with van der Waals surface area (Å²) in [4.78, 5) is 13.4. The summed E-state index contributed by atoms with van der Waals surface area (Å²) < 4.78 is 47.7. The SMILES string of the molecule is COC(=N)c1cc(O)cc2c(-c3cc(F)c(F)c(F)c3)cn(C3=CCC(O)C=C3)c(=O)c12. The van der Waals surface area contributed by atoms with Gasteiger partial charge in [0, 0.05) is 22.8 Å². The highest BCUT2D eigenvalue weighted by Crippen LogP contribution is 2.34. The van der Waals surface area contributed by atoms with Gasteiger partial charge in [-0.3, -0.25) is 14.8 Å². The van der Waals surface area contributed by atoms with E-state index in [0.29, 0.717) is 5.70 Å². The molecule has 0 radical (unpaired) electrons. The first-order valence-corrected chi connectivity index (χ1v) is 9.48. The average molecular weight is 442 g/mol. The van der Waals surface area contributed by atoms with E-state index in [4.69, 9.17) is 10.1 Å². The normalized spacial score (nSPS) is 15.7. The molecular weight excluding hydrogens is 425 g/mol. The van der Waals surface area contributed by atoms with E-state index in [2.05, 4.69) is 0 Å². The first-order chi connectivity index (χ1) is 15.2. The number of nitrogens with one attached hydrogen (secondary N) is 1. The molecule has 1 aromatic heterocycles.